The molecule has 5 heteroatoms. The van der Waals surface area contributed by atoms with Gasteiger partial charge in [-0.25, -0.2) is 4.79 Å². The molecule has 1 saturated carbocycles. The fourth-order valence-corrected chi connectivity index (χ4v) is 1.82. The molecule has 2 rings (SSSR count). The monoisotopic (exact) mass is 275 g/mol. The van der Waals surface area contributed by atoms with Crippen LogP contribution in [-0.2, 0) is 11.2 Å². The first-order valence-electron chi connectivity index (χ1n) is 7.05. The third-order valence-electron chi connectivity index (χ3n) is 3.29. The Labute approximate surface area is 119 Å². The van der Waals surface area contributed by atoms with Crippen LogP contribution < -0.4 is 16.0 Å². The minimum absolute atomic E-state index is 0.243. The number of hydrogen-bond acceptors (Lipinski definition) is 3. The number of carbonyl (C=O) groups is 2. The van der Waals surface area contributed by atoms with Gasteiger partial charge in [-0.15, -0.1) is 0 Å². The highest BCUT2D eigenvalue weighted by molar-refractivity contribution is 5.98. The Balaban J connectivity index is 1.81. The molecule has 0 spiro atoms. The molecule has 0 heterocycles. The number of imide groups is 1. The van der Waals surface area contributed by atoms with E-state index in [1.165, 1.54) is 5.56 Å². The maximum absolute atomic E-state index is 11.8. The molecule has 108 valence electrons. The molecule has 0 aliphatic heterocycles. The van der Waals surface area contributed by atoms with Crippen LogP contribution in [0.15, 0.2) is 24.3 Å². The van der Waals surface area contributed by atoms with E-state index in [0.29, 0.717) is 0 Å². The van der Waals surface area contributed by atoms with Crippen molar-refractivity contribution in [2.45, 2.75) is 45.2 Å². The molecule has 1 aliphatic carbocycles. The molecule has 1 aromatic rings. The highest BCUT2D eigenvalue weighted by Crippen LogP contribution is 2.18. The fraction of sp³-hybridized carbons (Fsp3) is 0.467. The van der Waals surface area contributed by atoms with Gasteiger partial charge in [0.25, 0.3) is 0 Å². The lowest BCUT2D eigenvalue weighted by atomic mass is 10.1. The van der Waals surface area contributed by atoms with E-state index in [1.54, 1.807) is 6.92 Å². The summed E-state index contributed by atoms with van der Waals surface area (Å²) in [4.78, 5) is 23.3. The van der Waals surface area contributed by atoms with Gasteiger partial charge in [0.1, 0.15) is 6.04 Å². The van der Waals surface area contributed by atoms with Crippen LogP contribution >= 0.6 is 0 Å². The van der Waals surface area contributed by atoms with E-state index < -0.39 is 12.1 Å². The van der Waals surface area contributed by atoms with Crippen LogP contribution in [0.1, 0.15) is 32.3 Å². The van der Waals surface area contributed by atoms with Gasteiger partial charge in [-0.1, -0.05) is 19.1 Å². The van der Waals surface area contributed by atoms with Crippen LogP contribution in [0.25, 0.3) is 0 Å². The van der Waals surface area contributed by atoms with Gasteiger partial charge in [-0.3, -0.25) is 10.1 Å². The van der Waals surface area contributed by atoms with E-state index in [9.17, 15) is 9.59 Å². The van der Waals surface area contributed by atoms with E-state index in [1.807, 2.05) is 24.3 Å². The number of urea groups is 1. The third kappa shape index (κ3) is 4.26. The predicted octanol–water partition coefficient (Wildman–Crippen LogP) is 2.04. The lowest BCUT2D eigenvalue weighted by Gasteiger charge is -2.15. The summed E-state index contributed by atoms with van der Waals surface area (Å²) in [6.45, 7) is 3.82. The lowest BCUT2D eigenvalue weighted by molar-refractivity contribution is -0.120. The topological polar surface area (TPSA) is 70.2 Å². The van der Waals surface area contributed by atoms with Gasteiger partial charge in [0.05, 0.1) is 0 Å². The molecule has 1 aromatic carbocycles. The maximum atomic E-state index is 11.8. The largest absolute Gasteiger partial charge is 0.374 e. The van der Waals surface area contributed by atoms with Crippen molar-refractivity contribution in [3.8, 4) is 0 Å². The number of nitrogens with one attached hydrogen (secondary N) is 3. The summed E-state index contributed by atoms with van der Waals surface area (Å²) in [7, 11) is 0. The summed E-state index contributed by atoms with van der Waals surface area (Å²) in [5, 5.41) is 8.14. The third-order valence-corrected chi connectivity index (χ3v) is 3.29. The molecule has 3 N–H and O–H groups in total. The first kappa shape index (κ1) is 14.4. The number of hydrogen-bond donors (Lipinski definition) is 3. The van der Waals surface area contributed by atoms with Crippen molar-refractivity contribution in [2.75, 3.05) is 5.32 Å². The number of carbonyl (C=O) groups excluding carboxylic acids is 2. The highest BCUT2D eigenvalue weighted by Gasteiger charge is 2.24. The van der Waals surface area contributed by atoms with Crippen LogP contribution in [0.4, 0.5) is 10.5 Å². The van der Waals surface area contributed by atoms with Crippen molar-refractivity contribution in [1.82, 2.24) is 10.6 Å². The standard InChI is InChI=1S/C15H21N3O2/c1-3-11-4-6-12(7-5-11)16-10(2)14(19)18-15(20)17-13-8-9-13/h4-7,10,13,16H,3,8-9H2,1-2H3,(H2,17,18,19,20). The van der Waals surface area contributed by atoms with Crippen molar-refractivity contribution in [3.63, 3.8) is 0 Å². The lowest BCUT2D eigenvalue weighted by Crippen LogP contribution is -2.46. The van der Waals surface area contributed by atoms with Gasteiger partial charge in [0.2, 0.25) is 5.91 Å². The van der Waals surface area contributed by atoms with E-state index in [0.717, 1.165) is 24.9 Å². The summed E-state index contributed by atoms with van der Waals surface area (Å²) in [5.74, 6) is -0.331. The molecule has 5 nitrogen and oxygen atoms in total. The zero-order valence-corrected chi connectivity index (χ0v) is 11.9. The number of anilines is 1. The first-order valence-corrected chi connectivity index (χ1v) is 7.05. The van der Waals surface area contributed by atoms with Crippen molar-refractivity contribution < 1.29 is 9.59 Å². The summed E-state index contributed by atoms with van der Waals surface area (Å²) in [6.07, 6.45) is 2.98. The molecule has 0 bridgehead atoms. The predicted molar refractivity (Wildman–Crippen MR) is 78.6 cm³/mol. The molecule has 1 atom stereocenters. The Kier molecular flexibility index (Phi) is 4.61. The van der Waals surface area contributed by atoms with E-state index in [4.69, 9.17) is 0 Å². The van der Waals surface area contributed by atoms with E-state index >= 15 is 0 Å². The summed E-state index contributed by atoms with van der Waals surface area (Å²) >= 11 is 0. The van der Waals surface area contributed by atoms with Crippen LogP contribution in [-0.4, -0.2) is 24.0 Å². The van der Waals surface area contributed by atoms with E-state index in [-0.39, 0.29) is 11.9 Å². The van der Waals surface area contributed by atoms with Gasteiger partial charge in [0.15, 0.2) is 0 Å². The second-order valence-electron chi connectivity index (χ2n) is 5.15. The van der Waals surface area contributed by atoms with Gasteiger partial charge < -0.3 is 10.6 Å². The molecule has 1 unspecified atom stereocenters. The number of amides is 3. The zero-order valence-electron chi connectivity index (χ0n) is 11.9. The summed E-state index contributed by atoms with van der Waals surface area (Å²) in [6, 6.07) is 7.28. The molecular weight excluding hydrogens is 254 g/mol. The van der Waals surface area contributed by atoms with Crippen LogP contribution in [0.2, 0.25) is 0 Å². The quantitative estimate of drug-likeness (QED) is 0.770. The Bertz CT molecular complexity index is 480. The molecule has 0 radical (unpaired) electrons. The van der Waals surface area contributed by atoms with Crippen molar-refractivity contribution in [3.05, 3.63) is 29.8 Å². The van der Waals surface area contributed by atoms with Crippen LogP contribution in [0, 0.1) is 0 Å². The normalized spacial score (nSPS) is 15.3. The van der Waals surface area contributed by atoms with Crippen molar-refractivity contribution >= 4 is 17.6 Å². The number of benzene rings is 1. The zero-order chi connectivity index (χ0) is 14.5. The van der Waals surface area contributed by atoms with Gasteiger partial charge in [-0.2, -0.15) is 0 Å². The highest BCUT2D eigenvalue weighted by atomic mass is 16.2. The molecule has 1 aliphatic rings. The first-order chi connectivity index (χ1) is 9.58. The fourth-order valence-electron chi connectivity index (χ4n) is 1.82. The summed E-state index contributed by atoms with van der Waals surface area (Å²) < 4.78 is 0. The number of aryl methyl sites for hydroxylation is 1. The van der Waals surface area contributed by atoms with Crippen molar-refractivity contribution in [1.29, 1.82) is 0 Å². The second kappa shape index (κ2) is 6.41. The Morgan fingerprint density at radius 3 is 2.45 bits per heavy atom. The average molecular weight is 275 g/mol. The Hall–Kier alpha value is -2.04. The summed E-state index contributed by atoms with van der Waals surface area (Å²) in [5.41, 5.74) is 2.11. The second-order valence-corrected chi connectivity index (χ2v) is 5.15. The van der Waals surface area contributed by atoms with Gasteiger partial charge >= 0.3 is 6.03 Å². The Morgan fingerprint density at radius 1 is 1.25 bits per heavy atom. The molecule has 20 heavy (non-hydrogen) atoms. The van der Waals surface area contributed by atoms with Crippen molar-refractivity contribution in [2.24, 2.45) is 0 Å². The Morgan fingerprint density at radius 2 is 1.90 bits per heavy atom. The van der Waals surface area contributed by atoms with Gasteiger partial charge in [-0.05, 0) is 43.9 Å². The number of rotatable bonds is 5. The molecule has 3 amide bonds. The molecule has 0 aromatic heterocycles. The van der Waals surface area contributed by atoms with Crippen LogP contribution in [0.5, 0.6) is 0 Å². The van der Waals surface area contributed by atoms with Crippen LogP contribution in [0.3, 0.4) is 0 Å². The average Bonchev–Trinajstić information content (AvgIpc) is 3.23. The van der Waals surface area contributed by atoms with Gasteiger partial charge in [0, 0.05) is 11.7 Å². The molecule has 0 saturated heterocycles. The van der Waals surface area contributed by atoms with E-state index in [2.05, 4.69) is 22.9 Å². The minimum Gasteiger partial charge on any atom is -0.374 e. The minimum atomic E-state index is -0.465. The maximum Gasteiger partial charge on any atom is 0.321 e. The smallest absolute Gasteiger partial charge is 0.321 e. The SMILES string of the molecule is CCc1ccc(NC(C)C(=O)NC(=O)NC2CC2)cc1. The molecule has 1 fully saturated rings. The molecular formula is C15H21N3O2.